The van der Waals surface area contributed by atoms with E-state index >= 15 is 0 Å². The van der Waals surface area contributed by atoms with Gasteiger partial charge in [-0.15, -0.1) is 0 Å². The zero-order chi connectivity index (χ0) is 26.9. The molecular weight excluding hydrogens is 534 g/mol. The number of rotatable bonds is 9. The lowest BCUT2D eigenvalue weighted by atomic mass is 9.96. The molecule has 0 spiro atoms. The molecular formula is C14H21NO18S2. The molecule has 21 heteroatoms. The van der Waals surface area contributed by atoms with Crippen LogP contribution in [0.4, 0.5) is 0 Å². The van der Waals surface area contributed by atoms with Crippen molar-refractivity contribution in [3.63, 3.8) is 0 Å². The summed E-state index contributed by atoms with van der Waals surface area (Å²) < 4.78 is 86.1. The molecule has 2 heterocycles. The minimum absolute atomic E-state index is 0.890. The van der Waals surface area contributed by atoms with E-state index in [-0.39, 0.29) is 0 Å². The second-order valence-corrected chi connectivity index (χ2v) is 9.17. The lowest BCUT2D eigenvalue weighted by Crippen LogP contribution is -2.67. The summed E-state index contributed by atoms with van der Waals surface area (Å²) in [6, 6.07) is -1.83. The number of carbonyl (C=O) groups excluding carboxylic acids is 1. The quantitative estimate of drug-likeness (QED) is 0.124. The number of aliphatic hydroxyl groups excluding tert-OH is 4. The molecule has 35 heavy (non-hydrogen) atoms. The highest BCUT2D eigenvalue weighted by Crippen LogP contribution is 2.31. The van der Waals surface area contributed by atoms with Crippen LogP contribution in [-0.2, 0) is 53.0 Å². The molecule has 1 saturated heterocycles. The number of ether oxygens (including phenoxy) is 3. The number of nitrogens with one attached hydrogen (secondary N) is 1. The van der Waals surface area contributed by atoms with Gasteiger partial charge in [0.1, 0.15) is 36.6 Å². The first kappa shape index (κ1) is 29.1. The van der Waals surface area contributed by atoms with Crippen LogP contribution in [0.2, 0.25) is 0 Å². The van der Waals surface area contributed by atoms with Crippen LogP contribution in [0.25, 0.3) is 0 Å². The number of carboxylic acid groups (broad SMARTS) is 1. The van der Waals surface area contributed by atoms with Crippen molar-refractivity contribution in [3.8, 4) is 0 Å². The van der Waals surface area contributed by atoms with Gasteiger partial charge in [-0.25, -0.2) is 13.2 Å². The molecule has 0 saturated carbocycles. The number of amides is 1. The Morgan fingerprint density at radius 2 is 1.66 bits per heavy atom. The van der Waals surface area contributed by atoms with E-state index in [1.54, 1.807) is 0 Å². The maximum Gasteiger partial charge on any atom is 0.397 e. The fraction of sp³-hybridized carbons (Fsp3) is 0.714. The molecule has 0 aromatic rings. The van der Waals surface area contributed by atoms with Crippen molar-refractivity contribution < 1.29 is 83.6 Å². The van der Waals surface area contributed by atoms with Crippen molar-refractivity contribution in [1.29, 1.82) is 0 Å². The molecule has 19 nitrogen and oxygen atoms in total. The normalized spacial score (nSPS) is 34.2. The Bertz CT molecular complexity index is 1060. The smallest absolute Gasteiger partial charge is 0.397 e. The summed E-state index contributed by atoms with van der Waals surface area (Å²) >= 11 is 0. The molecule has 202 valence electrons. The van der Waals surface area contributed by atoms with Gasteiger partial charge in [0.2, 0.25) is 18.0 Å². The Kier molecular flexibility index (Phi) is 8.99. The van der Waals surface area contributed by atoms with E-state index in [0.717, 1.165) is 6.92 Å². The summed E-state index contributed by atoms with van der Waals surface area (Å²) in [6.45, 7) is -0.338. The van der Waals surface area contributed by atoms with E-state index in [1.807, 2.05) is 0 Å². The van der Waals surface area contributed by atoms with E-state index in [2.05, 4.69) is 13.7 Å². The highest BCUT2D eigenvalue weighted by atomic mass is 32.3. The van der Waals surface area contributed by atoms with Crippen molar-refractivity contribution in [2.24, 2.45) is 0 Å². The highest BCUT2D eigenvalue weighted by Gasteiger charge is 2.53. The third-order valence-corrected chi connectivity index (χ3v) is 5.38. The zero-order valence-corrected chi connectivity index (χ0v) is 18.9. The monoisotopic (exact) mass is 555 g/mol. The first-order valence-corrected chi connectivity index (χ1v) is 11.9. The van der Waals surface area contributed by atoms with Crippen LogP contribution in [-0.4, -0.2) is 119 Å². The number of carbonyl (C=O) groups is 2. The van der Waals surface area contributed by atoms with Gasteiger partial charge in [-0.2, -0.15) is 16.8 Å². The van der Waals surface area contributed by atoms with E-state index in [4.69, 9.17) is 28.4 Å². The summed E-state index contributed by atoms with van der Waals surface area (Å²) in [6.07, 6.45) is -15.3. The summed E-state index contributed by atoms with van der Waals surface area (Å²) in [5.41, 5.74) is 0. The predicted octanol–water partition coefficient (Wildman–Crippen LogP) is -4.47. The fourth-order valence-corrected chi connectivity index (χ4v) is 3.95. The van der Waals surface area contributed by atoms with Crippen molar-refractivity contribution in [2.45, 2.75) is 56.1 Å². The molecule has 0 aromatic carbocycles. The van der Waals surface area contributed by atoms with Crippen molar-refractivity contribution in [3.05, 3.63) is 11.5 Å². The maximum absolute atomic E-state index is 11.6. The molecule has 8 N–H and O–H groups in total. The largest absolute Gasteiger partial charge is 0.506 e. The molecule has 1 unspecified atom stereocenters. The van der Waals surface area contributed by atoms with Gasteiger partial charge in [-0.3, -0.25) is 13.9 Å². The lowest BCUT2D eigenvalue weighted by Gasteiger charge is -2.45. The van der Waals surface area contributed by atoms with Gasteiger partial charge >= 0.3 is 26.8 Å². The first-order valence-electron chi connectivity index (χ1n) is 9.14. The van der Waals surface area contributed by atoms with E-state index in [1.165, 1.54) is 0 Å². The molecule has 0 aromatic heterocycles. The average molecular weight is 555 g/mol. The second kappa shape index (κ2) is 10.8. The fourth-order valence-electron chi connectivity index (χ4n) is 3.13. The molecule has 1 fully saturated rings. The molecule has 0 radical (unpaired) electrons. The van der Waals surface area contributed by atoms with Crippen LogP contribution in [0.15, 0.2) is 11.5 Å². The third-order valence-electron chi connectivity index (χ3n) is 4.48. The SMILES string of the molecule is CC(=O)N[C@H]1C(O)O[C@H](COS(=O)(=O)O)[C@H](OS(=O)(=O)O)[C@@H]1O[C@@H]1OC(C(=O)O)=C(O)[C@H](O)[C@H]1O. The van der Waals surface area contributed by atoms with Gasteiger partial charge < -0.3 is 45.1 Å². The van der Waals surface area contributed by atoms with Gasteiger partial charge in [-0.05, 0) is 0 Å². The van der Waals surface area contributed by atoms with Crippen molar-refractivity contribution in [1.82, 2.24) is 5.32 Å². The van der Waals surface area contributed by atoms with E-state index in [9.17, 15) is 46.9 Å². The maximum atomic E-state index is 11.6. The van der Waals surface area contributed by atoms with Gasteiger partial charge in [-0.1, -0.05) is 0 Å². The van der Waals surface area contributed by atoms with Crippen LogP contribution in [0.3, 0.4) is 0 Å². The topological polar surface area (TPSA) is 302 Å². The van der Waals surface area contributed by atoms with Crippen molar-refractivity contribution >= 4 is 32.7 Å². The van der Waals surface area contributed by atoms with Gasteiger partial charge in [0.15, 0.2) is 12.0 Å². The number of carboxylic acids is 1. The number of aliphatic carboxylic acids is 1. The Morgan fingerprint density at radius 1 is 1.06 bits per heavy atom. The average Bonchev–Trinajstić information content (AvgIpc) is 2.69. The van der Waals surface area contributed by atoms with Crippen LogP contribution in [0, 0.1) is 0 Å². The summed E-state index contributed by atoms with van der Waals surface area (Å²) in [5.74, 6) is -5.42. The standard InChI is InChI=1S/C14H21NO18S2/c1-3(16)15-5-10(31-14-8(19)6(17)7(18)11(32-14)12(20)21)9(33-35(26,27)28)4(30-13(5)22)2-29-34(23,24)25/h4-6,8-10,13-14,17-19,22H,2H2,1H3,(H,15,16)(H,20,21)(H,23,24,25)(H,26,27,28)/t4-,5-,6+,8-,9+,10-,13?,14-/m1/s1. The summed E-state index contributed by atoms with van der Waals surface area (Å²) in [4.78, 5) is 22.9. The number of hydrogen-bond acceptors (Lipinski definition) is 15. The minimum Gasteiger partial charge on any atom is -0.506 e. The molecule has 0 aliphatic carbocycles. The van der Waals surface area contributed by atoms with Crippen LogP contribution >= 0.6 is 0 Å². The molecule has 1 amide bonds. The second-order valence-electron chi connectivity index (χ2n) is 7.03. The van der Waals surface area contributed by atoms with Crippen LogP contribution in [0.1, 0.15) is 6.92 Å². The first-order chi connectivity index (χ1) is 15.9. The molecule has 2 rings (SSSR count). The zero-order valence-electron chi connectivity index (χ0n) is 17.3. The third kappa shape index (κ3) is 7.65. The van der Waals surface area contributed by atoms with Crippen LogP contribution < -0.4 is 5.32 Å². The molecule has 2 aliphatic heterocycles. The molecule has 2 aliphatic rings. The lowest BCUT2D eigenvalue weighted by molar-refractivity contribution is -0.300. The Balaban J connectivity index is 2.51. The molecule has 8 atom stereocenters. The van der Waals surface area contributed by atoms with Crippen molar-refractivity contribution in [2.75, 3.05) is 6.61 Å². The number of aliphatic hydroxyl groups is 4. The van der Waals surface area contributed by atoms with E-state index < -0.39 is 99.9 Å². The summed E-state index contributed by atoms with van der Waals surface area (Å²) in [5, 5.41) is 51.2. The Hall–Kier alpha value is -2.18. The summed E-state index contributed by atoms with van der Waals surface area (Å²) in [7, 11) is -10.6. The number of hydrogen-bond donors (Lipinski definition) is 8. The predicted molar refractivity (Wildman–Crippen MR) is 101 cm³/mol. The Labute approximate surface area is 196 Å². The van der Waals surface area contributed by atoms with Gasteiger partial charge in [0, 0.05) is 6.92 Å². The van der Waals surface area contributed by atoms with Crippen LogP contribution in [0.5, 0.6) is 0 Å². The highest BCUT2D eigenvalue weighted by molar-refractivity contribution is 7.81. The van der Waals surface area contributed by atoms with E-state index in [0.29, 0.717) is 0 Å². The van der Waals surface area contributed by atoms with Gasteiger partial charge in [0.25, 0.3) is 0 Å². The Morgan fingerprint density at radius 3 is 2.14 bits per heavy atom. The molecule has 0 bridgehead atoms. The minimum atomic E-state index is -5.43. The van der Waals surface area contributed by atoms with Gasteiger partial charge in [0.05, 0.1) is 6.61 Å².